The summed E-state index contributed by atoms with van der Waals surface area (Å²) >= 11 is 0. The lowest BCUT2D eigenvalue weighted by Gasteiger charge is -2.19. The van der Waals surface area contributed by atoms with Crippen molar-refractivity contribution in [2.75, 3.05) is 13.1 Å². The molecule has 6 rings (SSSR count). The van der Waals surface area contributed by atoms with Gasteiger partial charge in [0.05, 0.1) is 13.1 Å². The molecule has 0 bridgehead atoms. The molecule has 1 fully saturated rings. The molecule has 0 saturated heterocycles. The molecule has 0 radical (unpaired) electrons. The zero-order chi connectivity index (χ0) is 35.7. The van der Waals surface area contributed by atoms with Crippen molar-refractivity contribution in [3.05, 3.63) is 131 Å². The van der Waals surface area contributed by atoms with Gasteiger partial charge < -0.3 is 20.7 Å². The largest absolute Gasteiger partial charge is 0.460 e. The number of hydrogen-bond donors (Lipinski definition) is 3. The van der Waals surface area contributed by atoms with Crippen molar-refractivity contribution in [2.45, 2.75) is 44.2 Å². The Morgan fingerprint density at radius 3 is 1.84 bits per heavy atom. The van der Waals surface area contributed by atoms with Gasteiger partial charge in [-0.25, -0.2) is 0 Å². The second kappa shape index (κ2) is 16.2. The summed E-state index contributed by atoms with van der Waals surface area (Å²) in [5.41, 5.74) is 5.53. The van der Waals surface area contributed by atoms with Crippen LogP contribution in [0.5, 0.6) is 0 Å². The molecule has 0 spiro atoms. The van der Waals surface area contributed by atoms with Gasteiger partial charge in [0.2, 0.25) is 17.6 Å². The molecule has 51 heavy (non-hydrogen) atoms. The number of carbonyl (C=O) groups is 6. The Hall–Kier alpha value is -5.90. The number of carbonyl (C=O) groups excluding carboxylic acids is 6. The normalized spacial score (nSPS) is 14.3. The van der Waals surface area contributed by atoms with Gasteiger partial charge in [0.1, 0.15) is 18.6 Å². The van der Waals surface area contributed by atoms with E-state index in [0.29, 0.717) is 0 Å². The average molecular weight is 686 g/mol. The molecule has 1 saturated carbocycles. The topological polar surface area (TPSA) is 148 Å². The van der Waals surface area contributed by atoms with E-state index < -0.39 is 60.3 Å². The number of hydrogen-bond acceptors (Lipinski definition) is 7. The van der Waals surface area contributed by atoms with Crippen LogP contribution in [0.3, 0.4) is 0 Å². The molecule has 260 valence electrons. The Morgan fingerprint density at radius 1 is 0.667 bits per heavy atom. The van der Waals surface area contributed by atoms with E-state index in [-0.39, 0.29) is 31.3 Å². The van der Waals surface area contributed by atoms with Crippen molar-refractivity contribution in [3.63, 3.8) is 0 Å². The summed E-state index contributed by atoms with van der Waals surface area (Å²) in [6.07, 6.45) is 1.45. The molecular formula is C41H39N3O7. The Bertz CT molecular complexity index is 1880. The number of benzene rings is 4. The minimum atomic E-state index is -1.15. The van der Waals surface area contributed by atoms with E-state index in [2.05, 4.69) is 16.0 Å². The Morgan fingerprint density at radius 2 is 1.24 bits per heavy atom. The van der Waals surface area contributed by atoms with E-state index in [9.17, 15) is 28.8 Å². The van der Waals surface area contributed by atoms with Crippen LogP contribution in [0, 0.1) is 11.8 Å². The molecule has 0 unspecified atom stereocenters. The molecular weight excluding hydrogens is 646 g/mol. The third-order valence-corrected chi connectivity index (χ3v) is 9.31. The number of amides is 3. The highest BCUT2D eigenvalue weighted by atomic mass is 16.5. The van der Waals surface area contributed by atoms with Crippen LogP contribution < -0.4 is 16.0 Å². The second-order valence-electron chi connectivity index (χ2n) is 12.9. The van der Waals surface area contributed by atoms with Gasteiger partial charge in [0, 0.05) is 18.8 Å². The maximum Gasteiger partial charge on any atom is 0.317 e. The summed E-state index contributed by atoms with van der Waals surface area (Å²) in [5, 5.41) is 7.59. The van der Waals surface area contributed by atoms with E-state index >= 15 is 0 Å². The van der Waals surface area contributed by atoms with Crippen LogP contribution in [0.1, 0.15) is 47.4 Å². The van der Waals surface area contributed by atoms with Crippen LogP contribution in [0.4, 0.5) is 0 Å². The fraction of sp³-hybridized carbons (Fsp3) is 0.268. The third-order valence-electron chi connectivity index (χ3n) is 9.31. The number of nitrogens with one attached hydrogen (secondary N) is 3. The highest BCUT2D eigenvalue weighted by Crippen LogP contribution is 2.46. The van der Waals surface area contributed by atoms with Gasteiger partial charge >= 0.3 is 5.97 Å². The molecule has 2 aliphatic carbocycles. The molecule has 0 heterocycles. The molecule has 4 aromatic rings. The van der Waals surface area contributed by atoms with Crippen LogP contribution >= 0.6 is 0 Å². The minimum Gasteiger partial charge on any atom is -0.460 e. The number of esters is 1. The molecule has 10 heteroatoms. The molecule has 0 aliphatic heterocycles. The molecule has 2 aliphatic rings. The van der Waals surface area contributed by atoms with Crippen LogP contribution in [-0.2, 0) is 46.5 Å². The maximum absolute atomic E-state index is 13.4. The van der Waals surface area contributed by atoms with Gasteiger partial charge in [-0.3, -0.25) is 28.8 Å². The van der Waals surface area contributed by atoms with Crippen molar-refractivity contribution in [1.29, 1.82) is 0 Å². The van der Waals surface area contributed by atoms with E-state index in [4.69, 9.17) is 4.74 Å². The number of ketones is 2. The zero-order valence-corrected chi connectivity index (χ0v) is 28.0. The SMILES string of the molecule is O=C(CNC(=O)[C@H](Cc1ccccc1)NC(=O)C(=O)CC1c2ccccc2-c2ccccc21)NCC(=O)[C@H](C(=O)OCc1ccccc1)C1CC1. The number of Topliss-reactive ketones (excluding diaryl/α,β-unsaturated/α-hetero) is 2. The summed E-state index contributed by atoms with van der Waals surface area (Å²) < 4.78 is 5.40. The van der Waals surface area contributed by atoms with Gasteiger partial charge in [-0.15, -0.1) is 0 Å². The number of ether oxygens (including phenoxy) is 1. The molecule has 2 atom stereocenters. The quantitative estimate of drug-likeness (QED) is 0.0916. The maximum atomic E-state index is 13.4. The molecule has 3 N–H and O–H groups in total. The fourth-order valence-electron chi connectivity index (χ4n) is 6.54. The Balaban J connectivity index is 1.03. The Kier molecular flexibility index (Phi) is 11.1. The highest BCUT2D eigenvalue weighted by Gasteiger charge is 2.42. The van der Waals surface area contributed by atoms with Gasteiger partial charge in [-0.05, 0) is 52.1 Å². The first-order valence-corrected chi connectivity index (χ1v) is 17.1. The first kappa shape index (κ1) is 34.9. The Labute approximate surface area is 296 Å². The molecule has 10 nitrogen and oxygen atoms in total. The predicted molar refractivity (Wildman–Crippen MR) is 189 cm³/mol. The van der Waals surface area contributed by atoms with Crippen molar-refractivity contribution >= 4 is 35.3 Å². The van der Waals surface area contributed by atoms with Gasteiger partial charge in [0.25, 0.3) is 5.91 Å². The van der Waals surface area contributed by atoms with Crippen molar-refractivity contribution < 1.29 is 33.5 Å². The zero-order valence-electron chi connectivity index (χ0n) is 28.0. The fourth-order valence-corrected chi connectivity index (χ4v) is 6.54. The van der Waals surface area contributed by atoms with Crippen molar-refractivity contribution in [1.82, 2.24) is 16.0 Å². The number of rotatable bonds is 16. The lowest BCUT2D eigenvalue weighted by molar-refractivity contribution is -0.154. The van der Waals surface area contributed by atoms with Crippen LogP contribution in [0.15, 0.2) is 109 Å². The first-order valence-electron chi connectivity index (χ1n) is 17.1. The third kappa shape index (κ3) is 8.83. The van der Waals surface area contributed by atoms with Gasteiger partial charge in [0.15, 0.2) is 5.78 Å². The number of fused-ring (bicyclic) bond motifs is 3. The standard InChI is InChI=1S/C41H39N3O7/c45-35(22-33-31-17-9-7-15-29(31)30-16-8-10-18-32(30)33)40(49)44-34(21-26-11-3-1-4-12-26)39(48)43-24-37(47)42-23-36(46)38(28-19-20-28)41(50)51-25-27-13-5-2-6-14-27/h1-18,28,33-34,38H,19-25H2,(H,42,47)(H,43,48)(H,44,49)/t34-,38+/m0/s1. The summed E-state index contributed by atoms with van der Waals surface area (Å²) in [4.78, 5) is 78.5. The van der Waals surface area contributed by atoms with E-state index in [1.54, 1.807) is 24.3 Å². The van der Waals surface area contributed by atoms with Crippen LogP contribution in [0.25, 0.3) is 11.1 Å². The summed E-state index contributed by atoms with van der Waals surface area (Å²) in [6, 6.07) is 32.6. The van der Waals surface area contributed by atoms with Crippen LogP contribution in [0.2, 0.25) is 0 Å². The summed E-state index contributed by atoms with van der Waals surface area (Å²) in [6.45, 7) is -0.838. The van der Waals surface area contributed by atoms with E-state index in [1.165, 1.54) is 0 Å². The molecule has 3 amide bonds. The van der Waals surface area contributed by atoms with E-state index in [0.717, 1.165) is 46.2 Å². The van der Waals surface area contributed by atoms with Crippen LogP contribution in [-0.4, -0.2) is 54.4 Å². The first-order chi connectivity index (χ1) is 24.8. The van der Waals surface area contributed by atoms with Gasteiger partial charge in [-0.2, -0.15) is 0 Å². The van der Waals surface area contributed by atoms with Crippen molar-refractivity contribution in [2.24, 2.45) is 11.8 Å². The summed E-state index contributed by atoms with van der Waals surface area (Å²) in [5.74, 6) is -5.36. The van der Waals surface area contributed by atoms with E-state index in [1.807, 2.05) is 84.9 Å². The smallest absolute Gasteiger partial charge is 0.317 e. The van der Waals surface area contributed by atoms with Gasteiger partial charge in [-0.1, -0.05) is 109 Å². The lowest BCUT2D eigenvalue weighted by atomic mass is 9.91. The predicted octanol–water partition coefficient (Wildman–Crippen LogP) is 4.06. The average Bonchev–Trinajstić information content (AvgIpc) is 3.95. The summed E-state index contributed by atoms with van der Waals surface area (Å²) in [7, 11) is 0. The highest BCUT2D eigenvalue weighted by molar-refractivity contribution is 6.36. The molecule has 4 aromatic carbocycles. The second-order valence-corrected chi connectivity index (χ2v) is 12.9. The monoisotopic (exact) mass is 685 g/mol. The van der Waals surface area contributed by atoms with Crippen molar-refractivity contribution in [3.8, 4) is 11.1 Å². The lowest BCUT2D eigenvalue weighted by Crippen LogP contribution is -2.52. The minimum absolute atomic E-state index is 0.0450. The molecule has 0 aromatic heterocycles.